The van der Waals surface area contributed by atoms with Gasteiger partial charge in [-0.1, -0.05) is 12.7 Å². The number of pyridine rings is 1. The molecule has 6 heteroatoms. The van der Waals surface area contributed by atoms with Crippen molar-refractivity contribution in [3.63, 3.8) is 0 Å². The first kappa shape index (κ1) is 19.0. The van der Waals surface area contributed by atoms with E-state index in [1.54, 1.807) is 17.5 Å². The summed E-state index contributed by atoms with van der Waals surface area (Å²) in [6.45, 7) is 11.9. The Morgan fingerprint density at radius 3 is 2.67 bits per heavy atom. The van der Waals surface area contributed by atoms with E-state index in [1.807, 2.05) is 31.3 Å². The van der Waals surface area contributed by atoms with Gasteiger partial charge in [-0.05, 0) is 44.6 Å². The third-order valence-electron chi connectivity index (χ3n) is 4.76. The van der Waals surface area contributed by atoms with Crippen LogP contribution in [-0.2, 0) is 0 Å². The summed E-state index contributed by atoms with van der Waals surface area (Å²) in [4.78, 5) is 23.9. The van der Waals surface area contributed by atoms with E-state index in [2.05, 4.69) is 40.6 Å². The number of anilines is 1. The van der Waals surface area contributed by atoms with Crippen LogP contribution in [0.3, 0.4) is 0 Å². The highest BCUT2D eigenvalue weighted by atomic mass is 16.1. The van der Waals surface area contributed by atoms with Crippen LogP contribution in [0, 0.1) is 0 Å². The maximum atomic E-state index is 12.7. The third-order valence-corrected chi connectivity index (χ3v) is 4.76. The van der Waals surface area contributed by atoms with Crippen molar-refractivity contribution in [1.29, 1.82) is 0 Å². The van der Waals surface area contributed by atoms with Crippen LogP contribution < -0.4 is 15.8 Å². The first-order valence-electron chi connectivity index (χ1n) is 9.23. The van der Waals surface area contributed by atoms with E-state index in [4.69, 9.17) is 0 Å². The molecule has 1 fully saturated rings. The van der Waals surface area contributed by atoms with Crippen molar-refractivity contribution in [3.05, 3.63) is 64.7 Å². The second kappa shape index (κ2) is 7.88. The molecule has 142 valence electrons. The lowest BCUT2D eigenvalue weighted by atomic mass is 10.1. The lowest BCUT2D eigenvalue weighted by Gasteiger charge is -2.37. The molecule has 0 amide bonds. The average molecular weight is 365 g/mol. The minimum Gasteiger partial charge on any atom is -0.367 e. The molecule has 1 aliphatic rings. The Bertz CT molecular complexity index is 962. The number of hydrogen-bond donors (Lipinski definition) is 1. The molecule has 2 atom stereocenters. The summed E-state index contributed by atoms with van der Waals surface area (Å²) in [6.07, 6.45) is 5.51. The van der Waals surface area contributed by atoms with Crippen LogP contribution >= 0.6 is 0 Å². The van der Waals surface area contributed by atoms with Crippen molar-refractivity contribution in [2.45, 2.75) is 32.9 Å². The number of nitrogens with one attached hydrogen (secondary N) is 1. The van der Waals surface area contributed by atoms with Gasteiger partial charge in [0.15, 0.2) is 0 Å². The zero-order valence-electron chi connectivity index (χ0n) is 16.4. The van der Waals surface area contributed by atoms with Crippen LogP contribution in [0.1, 0.15) is 26.5 Å². The Labute approximate surface area is 160 Å². The number of nitrogens with zero attached hydrogens (tertiary/aromatic N) is 4. The van der Waals surface area contributed by atoms with Gasteiger partial charge in [-0.2, -0.15) is 0 Å². The van der Waals surface area contributed by atoms with E-state index in [9.17, 15) is 4.79 Å². The zero-order valence-corrected chi connectivity index (χ0v) is 16.4. The van der Waals surface area contributed by atoms with Gasteiger partial charge in [0.1, 0.15) is 5.65 Å². The van der Waals surface area contributed by atoms with Gasteiger partial charge in [0.25, 0.3) is 5.56 Å². The minimum absolute atomic E-state index is 0.112. The smallest absolute Gasteiger partial charge is 0.258 e. The number of hydrogen-bond acceptors (Lipinski definition) is 5. The van der Waals surface area contributed by atoms with Gasteiger partial charge in [-0.25, -0.2) is 4.98 Å². The Kier molecular flexibility index (Phi) is 5.56. The Morgan fingerprint density at radius 2 is 2.04 bits per heavy atom. The van der Waals surface area contributed by atoms with Crippen LogP contribution in [0.4, 0.5) is 5.69 Å². The molecule has 0 spiro atoms. The summed E-state index contributed by atoms with van der Waals surface area (Å²) in [5.74, 6) is 0. The van der Waals surface area contributed by atoms with Gasteiger partial charge < -0.3 is 10.2 Å². The van der Waals surface area contributed by atoms with Gasteiger partial charge in [-0.3, -0.25) is 14.2 Å². The highest BCUT2D eigenvalue weighted by Crippen LogP contribution is 2.18. The monoisotopic (exact) mass is 365 g/mol. The molecule has 3 rings (SSSR count). The van der Waals surface area contributed by atoms with Gasteiger partial charge in [0.05, 0.1) is 17.1 Å². The summed E-state index contributed by atoms with van der Waals surface area (Å²) in [5, 5.41) is 3.53. The standard InChI is InChI=1S/C21H27N5O/c1-6-14(2)9-18(22-5)19-10-21(27)26-13-17(7-8-20(26)24-19)25-11-15(3)23-16(4)12-25/h6-10,13,15-16,23H,1,11-12H2,2-5H3/b14-9+,22-18?/t15-,16?/m0/s1. The molecule has 0 aliphatic carbocycles. The van der Waals surface area contributed by atoms with Crippen molar-refractivity contribution >= 4 is 17.0 Å². The quantitative estimate of drug-likeness (QED) is 0.668. The molecule has 3 heterocycles. The van der Waals surface area contributed by atoms with E-state index in [-0.39, 0.29) is 5.56 Å². The summed E-state index contributed by atoms with van der Waals surface area (Å²) >= 11 is 0. The fraction of sp³-hybridized carbons (Fsp3) is 0.381. The fourth-order valence-corrected chi connectivity index (χ4v) is 3.48. The molecule has 0 radical (unpaired) electrons. The van der Waals surface area contributed by atoms with Crippen molar-refractivity contribution < 1.29 is 0 Å². The molecule has 1 N–H and O–H groups in total. The third kappa shape index (κ3) is 4.17. The molecule has 0 aromatic carbocycles. The van der Waals surface area contributed by atoms with Crippen LogP contribution in [0.25, 0.3) is 5.65 Å². The number of fused-ring (bicyclic) bond motifs is 1. The summed E-state index contributed by atoms with van der Waals surface area (Å²) in [7, 11) is 1.70. The van der Waals surface area contributed by atoms with Crippen LogP contribution in [0.2, 0.25) is 0 Å². The highest BCUT2D eigenvalue weighted by molar-refractivity contribution is 6.08. The van der Waals surface area contributed by atoms with Crippen molar-refractivity contribution in [3.8, 4) is 0 Å². The maximum Gasteiger partial charge on any atom is 0.258 e. The summed E-state index contributed by atoms with van der Waals surface area (Å²) in [5.41, 5.74) is 3.74. The molecule has 1 unspecified atom stereocenters. The summed E-state index contributed by atoms with van der Waals surface area (Å²) < 4.78 is 1.60. The average Bonchev–Trinajstić information content (AvgIpc) is 2.64. The Morgan fingerprint density at radius 1 is 1.33 bits per heavy atom. The van der Waals surface area contributed by atoms with Crippen LogP contribution in [0.5, 0.6) is 0 Å². The molecule has 1 aliphatic heterocycles. The topological polar surface area (TPSA) is 62.0 Å². The number of rotatable bonds is 4. The number of aromatic nitrogens is 2. The van der Waals surface area contributed by atoms with Gasteiger partial charge >= 0.3 is 0 Å². The molecule has 1 saturated heterocycles. The van der Waals surface area contributed by atoms with E-state index in [0.717, 1.165) is 24.4 Å². The normalized spacial score (nSPS) is 21.6. The number of aliphatic imine (C=N–C) groups is 1. The molecule has 0 bridgehead atoms. The first-order valence-corrected chi connectivity index (χ1v) is 9.23. The fourth-order valence-electron chi connectivity index (χ4n) is 3.48. The van der Waals surface area contributed by atoms with Crippen molar-refractivity contribution in [2.24, 2.45) is 4.99 Å². The second-order valence-corrected chi connectivity index (χ2v) is 7.17. The lowest BCUT2D eigenvalue weighted by Crippen LogP contribution is -2.54. The minimum atomic E-state index is -0.112. The van der Waals surface area contributed by atoms with E-state index < -0.39 is 0 Å². The van der Waals surface area contributed by atoms with Gasteiger partial charge in [-0.15, -0.1) is 0 Å². The second-order valence-electron chi connectivity index (χ2n) is 7.17. The molecular formula is C21H27N5O. The lowest BCUT2D eigenvalue weighted by molar-refractivity contribution is 0.407. The van der Waals surface area contributed by atoms with Gasteiger partial charge in [0.2, 0.25) is 0 Å². The van der Waals surface area contributed by atoms with E-state index in [0.29, 0.717) is 29.1 Å². The predicted molar refractivity (Wildman–Crippen MR) is 112 cm³/mol. The largest absolute Gasteiger partial charge is 0.367 e. The Balaban J connectivity index is 2.01. The van der Waals surface area contributed by atoms with Crippen LogP contribution in [-0.4, -0.2) is 47.3 Å². The molecular weight excluding hydrogens is 338 g/mol. The number of allylic oxidation sites excluding steroid dienone is 3. The predicted octanol–water partition coefficient (Wildman–Crippen LogP) is 2.43. The van der Waals surface area contributed by atoms with Crippen LogP contribution in [0.15, 0.2) is 58.5 Å². The molecule has 2 aromatic rings. The first-order chi connectivity index (χ1) is 12.9. The highest BCUT2D eigenvalue weighted by Gasteiger charge is 2.21. The van der Waals surface area contributed by atoms with Crippen molar-refractivity contribution in [1.82, 2.24) is 14.7 Å². The SMILES string of the molecule is C=C/C(C)=C/C(=NC)c1cc(=O)n2cc(N3CC(C)N[C@@H](C)C3)ccc2n1. The van der Waals surface area contributed by atoms with Crippen molar-refractivity contribution in [2.75, 3.05) is 25.0 Å². The molecule has 2 aromatic heterocycles. The number of piperazine rings is 1. The van der Waals surface area contributed by atoms with E-state index in [1.165, 1.54) is 6.07 Å². The van der Waals surface area contributed by atoms with Gasteiger partial charge in [0, 0.05) is 44.5 Å². The maximum absolute atomic E-state index is 12.7. The molecule has 6 nitrogen and oxygen atoms in total. The summed E-state index contributed by atoms with van der Waals surface area (Å²) in [6, 6.07) is 6.28. The van der Waals surface area contributed by atoms with E-state index >= 15 is 0 Å². The molecule has 0 saturated carbocycles. The zero-order chi connectivity index (χ0) is 19.6. The molecule has 27 heavy (non-hydrogen) atoms. The Hall–Kier alpha value is -2.73.